The molecule has 0 aliphatic rings. The fourth-order valence-corrected chi connectivity index (χ4v) is 1.81. The first-order valence-electron chi connectivity index (χ1n) is 6.55. The molecule has 2 rings (SSSR count). The fraction of sp³-hybridized carbons (Fsp3) is 0.250. The zero-order chi connectivity index (χ0) is 14.2. The van der Waals surface area contributed by atoms with Gasteiger partial charge in [-0.25, -0.2) is 0 Å². The third kappa shape index (κ3) is 3.65. The van der Waals surface area contributed by atoms with Crippen LogP contribution in [0.3, 0.4) is 0 Å². The van der Waals surface area contributed by atoms with Crippen LogP contribution in [0.5, 0.6) is 5.75 Å². The van der Waals surface area contributed by atoms with E-state index >= 15 is 0 Å². The molecule has 2 aromatic carbocycles. The van der Waals surface area contributed by atoms with E-state index in [1.165, 1.54) is 0 Å². The Balaban J connectivity index is 2.25. The second-order valence-electron chi connectivity index (χ2n) is 4.16. The molecule has 0 fully saturated rings. The van der Waals surface area contributed by atoms with Crippen LogP contribution in [0.15, 0.2) is 58.8 Å². The minimum Gasteiger partial charge on any atom is -0.492 e. The molecule has 0 saturated heterocycles. The van der Waals surface area contributed by atoms with Gasteiger partial charge >= 0.3 is 0 Å². The van der Waals surface area contributed by atoms with Gasteiger partial charge in [-0.3, -0.25) is 0 Å². The molecule has 0 bridgehead atoms. The quantitative estimate of drug-likeness (QED) is 0.717. The van der Waals surface area contributed by atoms with E-state index in [-0.39, 0.29) is 0 Å². The van der Waals surface area contributed by atoms with Crippen molar-refractivity contribution < 1.29 is 9.47 Å². The van der Waals surface area contributed by atoms with Crippen LogP contribution in [0.2, 0.25) is 0 Å². The third-order valence-electron chi connectivity index (χ3n) is 2.72. The molecule has 0 aliphatic carbocycles. The van der Waals surface area contributed by atoms with Crippen LogP contribution in [0.4, 0.5) is 11.4 Å². The van der Waals surface area contributed by atoms with Gasteiger partial charge in [0.25, 0.3) is 0 Å². The molecule has 0 atom stereocenters. The molecule has 4 heteroatoms. The van der Waals surface area contributed by atoms with Crippen molar-refractivity contribution in [2.45, 2.75) is 13.5 Å². The first-order valence-corrected chi connectivity index (χ1v) is 6.55. The Morgan fingerprint density at radius 2 is 1.55 bits per heavy atom. The summed E-state index contributed by atoms with van der Waals surface area (Å²) in [4.78, 5) is 0. The molecule has 104 valence electrons. The topological polar surface area (TPSA) is 43.2 Å². The molecule has 20 heavy (non-hydrogen) atoms. The van der Waals surface area contributed by atoms with Crippen LogP contribution in [0.25, 0.3) is 0 Å². The lowest BCUT2D eigenvalue weighted by Gasteiger charge is -2.06. The van der Waals surface area contributed by atoms with Gasteiger partial charge in [0.05, 0.1) is 18.9 Å². The Morgan fingerprint density at radius 1 is 0.900 bits per heavy atom. The zero-order valence-corrected chi connectivity index (χ0v) is 11.7. The highest BCUT2D eigenvalue weighted by molar-refractivity contribution is 5.52. The number of benzene rings is 2. The first kappa shape index (κ1) is 14.2. The van der Waals surface area contributed by atoms with Crippen molar-refractivity contribution in [3.8, 4) is 5.75 Å². The van der Waals surface area contributed by atoms with Crippen LogP contribution in [0, 0.1) is 0 Å². The minimum atomic E-state index is 0.516. The third-order valence-corrected chi connectivity index (χ3v) is 2.72. The number of rotatable bonds is 6. The average Bonchev–Trinajstić information content (AvgIpc) is 2.48. The van der Waals surface area contributed by atoms with Crippen LogP contribution in [0.1, 0.15) is 12.5 Å². The molecular formula is C16H18N2O2. The van der Waals surface area contributed by atoms with Crippen molar-refractivity contribution in [2.75, 3.05) is 13.7 Å². The molecule has 0 unspecified atom stereocenters. The predicted octanol–water partition coefficient (Wildman–Crippen LogP) is 4.65. The van der Waals surface area contributed by atoms with Gasteiger partial charge in [0.2, 0.25) is 0 Å². The molecule has 0 aromatic heterocycles. The van der Waals surface area contributed by atoms with E-state index in [1.807, 2.05) is 55.5 Å². The van der Waals surface area contributed by atoms with E-state index in [1.54, 1.807) is 7.11 Å². The molecule has 0 radical (unpaired) electrons. The number of azo groups is 1. The van der Waals surface area contributed by atoms with Gasteiger partial charge in [-0.2, -0.15) is 5.11 Å². The molecule has 0 spiro atoms. The van der Waals surface area contributed by atoms with Crippen molar-refractivity contribution in [1.82, 2.24) is 0 Å². The molecule has 0 saturated carbocycles. The van der Waals surface area contributed by atoms with Crippen molar-refractivity contribution in [2.24, 2.45) is 10.2 Å². The Morgan fingerprint density at radius 3 is 2.30 bits per heavy atom. The summed E-state index contributed by atoms with van der Waals surface area (Å²) in [6.45, 7) is 3.07. The average molecular weight is 270 g/mol. The second kappa shape index (κ2) is 7.40. The highest BCUT2D eigenvalue weighted by atomic mass is 16.5. The molecule has 0 aliphatic heterocycles. The lowest BCUT2D eigenvalue weighted by molar-refractivity contribution is 0.185. The van der Waals surface area contributed by atoms with Gasteiger partial charge in [0.15, 0.2) is 0 Å². The largest absolute Gasteiger partial charge is 0.492 e. The van der Waals surface area contributed by atoms with Crippen molar-refractivity contribution in [3.05, 3.63) is 54.1 Å². The molecule has 0 amide bonds. The molecule has 2 aromatic rings. The summed E-state index contributed by atoms with van der Waals surface area (Å²) in [5, 5.41) is 8.59. The van der Waals surface area contributed by atoms with Gasteiger partial charge in [0.1, 0.15) is 11.4 Å². The van der Waals surface area contributed by atoms with Gasteiger partial charge in [-0.05, 0) is 25.1 Å². The molecule has 0 N–H and O–H groups in total. The van der Waals surface area contributed by atoms with E-state index in [9.17, 15) is 0 Å². The number of hydrogen-bond donors (Lipinski definition) is 0. The SMILES string of the molecule is CCOc1ccccc1N=Nc1ccccc1COC. The summed E-state index contributed by atoms with van der Waals surface area (Å²) >= 11 is 0. The summed E-state index contributed by atoms with van der Waals surface area (Å²) in [5.74, 6) is 0.739. The smallest absolute Gasteiger partial charge is 0.146 e. The van der Waals surface area contributed by atoms with Crippen LogP contribution in [-0.4, -0.2) is 13.7 Å². The molecule has 4 nitrogen and oxygen atoms in total. The number of para-hydroxylation sites is 1. The van der Waals surface area contributed by atoms with Gasteiger partial charge in [0, 0.05) is 12.7 Å². The highest BCUT2D eigenvalue weighted by Crippen LogP contribution is 2.29. The van der Waals surface area contributed by atoms with E-state index in [0.29, 0.717) is 13.2 Å². The highest BCUT2D eigenvalue weighted by Gasteiger charge is 2.02. The monoisotopic (exact) mass is 270 g/mol. The Bertz CT molecular complexity index is 531. The second-order valence-corrected chi connectivity index (χ2v) is 4.16. The number of nitrogens with zero attached hydrogens (tertiary/aromatic N) is 2. The standard InChI is InChI=1S/C16H18N2O2/c1-3-20-16-11-7-6-10-15(16)18-17-14-9-5-4-8-13(14)12-19-2/h4-11H,3,12H2,1-2H3. The maximum Gasteiger partial charge on any atom is 0.146 e. The number of hydrogen-bond acceptors (Lipinski definition) is 4. The minimum absolute atomic E-state index is 0.516. The van der Waals surface area contributed by atoms with Crippen LogP contribution in [-0.2, 0) is 11.3 Å². The summed E-state index contributed by atoms with van der Waals surface area (Å²) in [6.07, 6.45) is 0. The summed E-state index contributed by atoms with van der Waals surface area (Å²) in [6, 6.07) is 15.4. The van der Waals surface area contributed by atoms with E-state index < -0.39 is 0 Å². The first-order chi connectivity index (χ1) is 9.85. The molecular weight excluding hydrogens is 252 g/mol. The Hall–Kier alpha value is -2.20. The number of ether oxygens (including phenoxy) is 2. The number of methoxy groups -OCH3 is 1. The summed E-state index contributed by atoms with van der Waals surface area (Å²) < 4.78 is 10.7. The Labute approximate surface area is 119 Å². The maximum atomic E-state index is 5.52. The predicted molar refractivity (Wildman–Crippen MR) is 78.9 cm³/mol. The van der Waals surface area contributed by atoms with Crippen molar-refractivity contribution in [1.29, 1.82) is 0 Å². The summed E-state index contributed by atoms with van der Waals surface area (Å²) in [5.41, 5.74) is 2.54. The normalized spacial score (nSPS) is 10.9. The van der Waals surface area contributed by atoms with Gasteiger partial charge in [-0.15, -0.1) is 5.11 Å². The lowest BCUT2D eigenvalue weighted by atomic mass is 10.2. The van der Waals surface area contributed by atoms with E-state index in [0.717, 1.165) is 22.7 Å². The maximum absolute atomic E-state index is 5.52. The summed E-state index contributed by atoms with van der Waals surface area (Å²) in [7, 11) is 1.66. The van der Waals surface area contributed by atoms with Crippen LogP contribution < -0.4 is 4.74 Å². The Kier molecular flexibility index (Phi) is 5.26. The van der Waals surface area contributed by atoms with Gasteiger partial charge in [-0.1, -0.05) is 30.3 Å². The van der Waals surface area contributed by atoms with Gasteiger partial charge < -0.3 is 9.47 Å². The van der Waals surface area contributed by atoms with Crippen molar-refractivity contribution >= 4 is 11.4 Å². The fourth-order valence-electron chi connectivity index (χ4n) is 1.81. The molecule has 0 heterocycles. The van der Waals surface area contributed by atoms with E-state index in [2.05, 4.69) is 10.2 Å². The lowest BCUT2D eigenvalue weighted by Crippen LogP contribution is -1.91. The van der Waals surface area contributed by atoms with Crippen molar-refractivity contribution in [3.63, 3.8) is 0 Å². The zero-order valence-electron chi connectivity index (χ0n) is 11.7. The van der Waals surface area contributed by atoms with E-state index in [4.69, 9.17) is 9.47 Å². The van der Waals surface area contributed by atoms with Crippen LogP contribution >= 0.6 is 0 Å².